The molecule has 0 radical (unpaired) electrons. The summed E-state index contributed by atoms with van der Waals surface area (Å²) in [6, 6.07) is 5.87. The van der Waals surface area contributed by atoms with E-state index in [0.717, 1.165) is 31.4 Å². The second-order valence-corrected chi connectivity index (χ2v) is 10.0. The molecular weight excluding hydrogens is 403 g/mol. The highest BCUT2D eigenvalue weighted by Crippen LogP contribution is 2.57. The van der Waals surface area contributed by atoms with Crippen molar-refractivity contribution >= 4 is 10.8 Å². The number of nitrogens with zero attached hydrogens (tertiary/aromatic N) is 4. The van der Waals surface area contributed by atoms with E-state index in [9.17, 15) is 17.4 Å². The largest absolute Gasteiger partial charge is 0.471 e. The van der Waals surface area contributed by atoms with Gasteiger partial charge in [0.15, 0.2) is 5.82 Å². The van der Waals surface area contributed by atoms with Gasteiger partial charge in [-0.3, -0.25) is 4.21 Å². The van der Waals surface area contributed by atoms with Gasteiger partial charge in [0, 0.05) is 12.3 Å². The van der Waals surface area contributed by atoms with Crippen LogP contribution in [0.15, 0.2) is 18.2 Å². The first-order chi connectivity index (χ1) is 13.7. The van der Waals surface area contributed by atoms with E-state index in [1.165, 1.54) is 11.1 Å². The normalized spacial score (nSPS) is 22.3. The van der Waals surface area contributed by atoms with E-state index in [1.54, 1.807) is 4.68 Å². The van der Waals surface area contributed by atoms with Crippen LogP contribution in [-0.2, 0) is 23.6 Å². The molecule has 1 saturated carbocycles. The van der Waals surface area contributed by atoms with Crippen LogP contribution in [0.2, 0.25) is 0 Å². The molecule has 1 fully saturated rings. The van der Waals surface area contributed by atoms with Crippen LogP contribution >= 0.6 is 0 Å². The van der Waals surface area contributed by atoms with E-state index >= 15 is 0 Å². The van der Waals surface area contributed by atoms with Crippen LogP contribution in [0, 0.1) is 11.3 Å². The zero-order valence-electron chi connectivity index (χ0n) is 16.4. The quantitative estimate of drug-likeness (QED) is 0.735. The topological polar surface area (TPSA) is 72.7 Å². The SMILES string of the molecule is CC1(C)C[C@@H]1C(NCCS(=O)C(F)(F)F)c1nnnn1-c1ccc2c(c1)CCC2. The lowest BCUT2D eigenvalue weighted by Crippen LogP contribution is -2.33. The Morgan fingerprint density at radius 3 is 2.72 bits per heavy atom. The molecular formula is C19H24F3N5OS. The molecule has 1 aromatic carbocycles. The summed E-state index contributed by atoms with van der Waals surface area (Å²) in [5, 5.41) is 15.3. The van der Waals surface area contributed by atoms with E-state index in [4.69, 9.17) is 0 Å². The van der Waals surface area contributed by atoms with Gasteiger partial charge in [-0.25, -0.2) is 0 Å². The van der Waals surface area contributed by atoms with Gasteiger partial charge in [-0.1, -0.05) is 19.9 Å². The van der Waals surface area contributed by atoms with Crippen LogP contribution in [0.5, 0.6) is 0 Å². The van der Waals surface area contributed by atoms with Crippen LogP contribution in [0.4, 0.5) is 13.2 Å². The number of aryl methyl sites for hydroxylation is 2. The maximum atomic E-state index is 12.6. The molecule has 3 atom stereocenters. The lowest BCUT2D eigenvalue weighted by Gasteiger charge is -2.20. The summed E-state index contributed by atoms with van der Waals surface area (Å²) >= 11 is 0. The first kappa shape index (κ1) is 20.5. The van der Waals surface area contributed by atoms with Crippen LogP contribution in [-0.4, -0.2) is 42.2 Å². The lowest BCUT2D eigenvalue weighted by atomic mass is 10.0. The Morgan fingerprint density at radius 1 is 1.31 bits per heavy atom. The van der Waals surface area contributed by atoms with Gasteiger partial charge in [0.2, 0.25) is 0 Å². The Balaban J connectivity index is 1.56. The van der Waals surface area contributed by atoms with Gasteiger partial charge in [0.25, 0.3) is 0 Å². The zero-order valence-corrected chi connectivity index (χ0v) is 17.2. The van der Waals surface area contributed by atoms with Gasteiger partial charge < -0.3 is 5.32 Å². The van der Waals surface area contributed by atoms with Crippen molar-refractivity contribution in [2.75, 3.05) is 12.3 Å². The van der Waals surface area contributed by atoms with Gasteiger partial charge in [0.1, 0.15) is 10.8 Å². The monoisotopic (exact) mass is 427 g/mol. The van der Waals surface area contributed by atoms with Crippen molar-refractivity contribution < 1.29 is 17.4 Å². The van der Waals surface area contributed by atoms with E-state index in [-0.39, 0.29) is 23.9 Å². The molecule has 29 heavy (non-hydrogen) atoms. The molecule has 158 valence electrons. The second-order valence-electron chi connectivity index (χ2n) is 8.48. The molecule has 4 rings (SSSR count). The highest BCUT2D eigenvalue weighted by Gasteiger charge is 2.52. The molecule has 2 aliphatic rings. The summed E-state index contributed by atoms with van der Waals surface area (Å²) in [6.07, 6.45) is 4.16. The zero-order chi connectivity index (χ0) is 20.8. The molecule has 2 aromatic rings. The summed E-state index contributed by atoms with van der Waals surface area (Å²) < 4.78 is 50.7. The van der Waals surface area contributed by atoms with Gasteiger partial charge in [0.05, 0.1) is 11.7 Å². The maximum absolute atomic E-state index is 12.6. The van der Waals surface area contributed by atoms with E-state index in [2.05, 4.69) is 46.8 Å². The third-order valence-electron chi connectivity index (χ3n) is 6.00. The van der Waals surface area contributed by atoms with Gasteiger partial charge in [-0.2, -0.15) is 17.9 Å². The number of fused-ring (bicyclic) bond motifs is 1. The summed E-state index contributed by atoms with van der Waals surface area (Å²) in [5.74, 6) is 0.283. The minimum Gasteiger partial charge on any atom is -0.306 e. The number of halogens is 3. The first-order valence-corrected chi connectivity index (χ1v) is 11.1. The Morgan fingerprint density at radius 2 is 2.03 bits per heavy atom. The van der Waals surface area contributed by atoms with Crippen LogP contribution in [0.25, 0.3) is 5.69 Å². The fourth-order valence-corrected chi connectivity index (χ4v) is 4.71. The van der Waals surface area contributed by atoms with Gasteiger partial charge in [-0.15, -0.1) is 5.10 Å². The molecule has 0 bridgehead atoms. The number of rotatable bonds is 7. The smallest absolute Gasteiger partial charge is 0.306 e. The van der Waals surface area contributed by atoms with Crippen molar-refractivity contribution in [2.45, 2.75) is 51.1 Å². The van der Waals surface area contributed by atoms with Crippen molar-refractivity contribution in [3.63, 3.8) is 0 Å². The third-order valence-corrected chi connectivity index (χ3v) is 7.09. The predicted octanol–water partition coefficient (Wildman–Crippen LogP) is 3.10. The minimum atomic E-state index is -4.69. The highest BCUT2D eigenvalue weighted by molar-refractivity contribution is 7.85. The molecule has 0 spiro atoms. The second kappa shape index (κ2) is 7.46. The highest BCUT2D eigenvalue weighted by atomic mass is 32.2. The standard InChI is InChI=1S/C19H24F3N5OS/c1-18(2)11-15(18)16(23-8-9-29(28)19(20,21)22)17-24-25-26-27(17)14-7-6-12-4-3-5-13(12)10-14/h6-7,10,15-16,23H,3-5,8-9,11H2,1-2H3/t15-,16?,29?/m1/s1. The maximum Gasteiger partial charge on any atom is 0.471 e. The summed E-state index contributed by atoms with van der Waals surface area (Å²) in [6.45, 7) is 4.20. The van der Waals surface area contributed by atoms with Crippen molar-refractivity contribution in [3.8, 4) is 5.69 Å². The Labute approximate surface area is 169 Å². The molecule has 1 heterocycles. The number of hydrogen-bond acceptors (Lipinski definition) is 5. The van der Waals surface area contributed by atoms with Gasteiger partial charge >= 0.3 is 5.51 Å². The van der Waals surface area contributed by atoms with Crippen molar-refractivity contribution in [2.24, 2.45) is 11.3 Å². The number of benzene rings is 1. The molecule has 10 heteroatoms. The molecule has 2 aliphatic carbocycles. The molecule has 2 unspecified atom stereocenters. The van der Waals surface area contributed by atoms with E-state index in [0.29, 0.717) is 5.82 Å². The number of aromatic nitrogens is 4. The van der Waals surface area contributed by atoms with Crippen LogP contribution < -0.4 is 5.32 Å². The van der Waals surface area contributed by atoms with E-state index in [1.807, 2.05) is 6.07 Å². The van der Waals surface area contributed by atoms with Gasteiger partial charge in [-0.05, 0) is 70.7 Å². The lowest BCUT2D eigenvalue weighted by molar-refractivity contribution is -0.0384. The van der Waals surface area contributed by atoms with Crippen molar-refractivity contribution in [1.29, 1.82) is 0 Å². The fourth-order valence-electron chi connectivity index (χ4n) is 4.18. The summed E-state index contributed by atoms with van der Waals surface area (Å²) in [4.78, 5) is 0. The van der Waals surface area contributed by atoms with E-state index < -0.39 is 22.1 Å². The average Bonchev–Trinajstić information content (AvgIpc) is 3.06. The molecule has 0 amide bonds. The van der Waals surface area contributed by atoms with Crippen LogP contribution in [0.3, 0.4) is 0 Å². The Kier molecular flexibility index (Phi) is 5.27. The predicted molar refractivity (Wildman–Crippen MR) is 103 cm³/mol. The minimum absolute atomic E-state index is 0.0274. The molecule has 1 aromatic heterocycles. The Hall–Kier alpha value is -1.81. The molecule has 0 saturated heterocycles. The van der Waals surface area contributed by atoms with Crippen molar-refractivity contribution in [3.05, 3.63) is 35.2 Å². The first-order valence-electron chi connectivity index (χ1n) is 9.76. The number of tetrazole rings is 1. The summed E-state index contributed by atoms with van der Waals surface area (Å²) in [7, 11) is -2.87. The molecule has 6 nitrogen and oxygen atoms in total. The number of nitrogens with one attached hydrogen (secondary N) is 1. The summed E-state index contributed by atoms with van der Waals surface area (Å²) in [5.41, 5.74) is -1.15. The third kappa shape index (κ3) is 4.23. The van der Waals surface area contributed by atoms with Crippen molar-refractivity contribution in [1.82, 2.24) is 25.5 Å². The average molecular weight is 427 g/mol. The molecule has 1 N–H and O–H groups in total. The fraction of sp³-hybridized carbons (Fsp3) is 0.632. The number of alkyl halides is 3. The molecule has 0 aliphatic heterocycles. The number of hydrogen-bond donors (Lipinski definition) is 1. The Bertz CT molecular complexity index is 927. The van der Waals surface area contributed by atoms with Crippen LogP contribution in [0.1, 0.15) is 49.7 Å².